The Bertz CT molecular complexity index is 317. The maximum atomic E-state index is 5.25. The molecule has 0 aliphatic heterocycles. The van der Waals surface area contributed by atoms with Crippen LogP contribution in [0.25, 0.3) is 0 Å². The minimum absolute atomic E-state index is 0.427. The van der Waals surface area contributed by atoms with E-state index >= 15 is 0 Å². The Morgan fingerprint density at radius 3 is 2.82 bits per heavy atom. The smallest absolute Gasteiger partial charge is 0.239 e. The zero-order valence-corrected chi connectivity index (χ0v) is 10.6. The first kappa shape index (κ1) is 13.7. The number of nitrogens with two attached hydrogens (primary N) is 1. The van der Waals surface area contributed by atoms with Crippen LogP contribution in [0.5, 0.6) is 0 Å². The molecule has 0 aromatic carbocycles. The van der Waals surface area contributed by atoms with Gasteiger partial charge < -0.3 is 10.2 Å². The fourth-order valence-electron chi connectivity index (χ4n) is 1.61. The highest BCUT2D eigenvalue weighted by molar-refractivity contribution is 5.38. The van der Waals surface area contributed by atoms with Crippen LogP contribution in [0.4, 0.5) is 11.8 Å². The molecule has 17 heavy (non-hydrogen) atoms. The summed E-state index contributed by atoms with van der Waals surface area (Å²) in [6, 6.07) is 1.83. The summed E-state index contributed by atoms with van der Waals surface area (Å²) >= 11 is 0. The SMILES string of the molecule is CCCN(CC)CCNc1ccnc(NN)n1. The predicted octanol–water partition coefficient (Wildman–Crippen LogP) is 0.906. The van der Waals surface area contributed by atoms with E-state index in [4.69, 9.17) is 5.84 Å². The zero-order chi connectivity index (χ0) is 12.5. The van der Waals surface area contributed by atoms with Crippen LogP contribution >= 0.6 is 0 Å². The van der Waals surface area contributed by atoms with E-state index in [-0.39, 0.29) is 0 Å². The third-order valence-corrected chi connectivity index (χ3v) is 2.51. The average Bonchev–Trinajstić information content (AvgIpc) is 2.38. The van der Waals surface area contributed by atoms with E-state index in [2.05, 4.69) is 39.5 Å². The summed E-state index contributed by atoms with van der Waals surface area (Å²) in [7, 11) is 0. The van der Waals surface area contributed by atoms with Crippen LogP contribution in [-0.2, 0) is 0 Å². The van der Waals surface area contributed by atoms with E-state index in [1.165, 1.54) is 6.42 Å². The van der Waals surface area contributed by atoms with Crippen LogP contribution in [0.1, 0.15) is 20.3 Å². The molecule has 0 fully saturated rings. The topological polar surface area (TPSA) is 79.1 Å². The van der Waals surface area contributed by atoms with Crippen molar-refractivity contribution in [1.82, 2.24) is 14.9 Å². The van der Waals surface area contributed by atoms with Gasteiger partial charge in [0, 0.05) is 19.3 Å². The Hall–Kier alpha value is -1.40. The van der Waals surface area contributed by atoms with Crippen molar-refractivity contribution in [1.29, 1.82) is 0 Å². The van der Waals surface area contributed by atoms with Gasteiger partial charge in [-0.15, -0.1) is 0 Å². The monoisotopic (exact) mass is 238 g/mol. The molecule has 0 radical (unpaired) electrons. The maximum absolute atomic E-state index is 5.25. The van der Waals surface area contributed by atoms with Crippen molar-refractivity contribution >= 4 is 11.8 Å². The summed E-state index contributed by atoms with van der Waals surface area (Å²) in [5.41, 5.74) is 2.43. The zero-order valence-electron chi connectivity index (χ0n) is 10.6. The molecule has 0 aliphatic carbocycles. The normalized spacial score (nSPS) is 10.6. The minimum Gasteiger partial charge on any atom is -0.369 e. The first-order valence-corrected chi connectivity index (χ1v) is 6.06. The molecule has 0 unspecified atom stereocenters. The molecule has 0 atom stereocenters. The van der Waals surface area contributed by atoms with E-state index in [0.717, 1.165) is 32.0 Å². The summed E-state index contributed by atoms with van der Waals surface area (Å²) in [5, 5.41) is 3.25. The lowest BCUT2D eigenvalue weighted by molar-refractivity contribution is 0.300. The fraction of sp³-hybridized carbons (Fsp3) is 0.636. The van der Waals surface area contributed by atoms with Crippen molar-refractivity contribution in [3.8, 4) is 0 Å². The van der Waals surface area contributed by atoms with Crippen molar-refractivity contribution in [3.63, 3.8) is 0 Å². The van der Waals surface area contributed by atoms with Gasteiger partial charge in [0.15, 0.2) is 0 Å². The van der Waals surface area contributed by atoms with Crippen molar-refractivity contribution in [3.05, 3.63) is 12.3 Å². The Balaban J connectivity index is 2.34. The van der Waals surface area contributed by atoms with Gasteiger partial charge in [0.25, 0.3) is 0 Å². The quantitative estimate of drug-likeness (QED) is 0.461. The molecule has 6 nitrogen and oxygen atoms in total. The second-order valence-corrected chi connectivity index (χ2v) is 3.77. The van der Waals surface area contributed by atoms with Crippen molar-refractivity contribution < 1.29 is 0 Å². The van der Waals surface area contributed by atoms with Crippen LogP contribution in [0.2, 0.25) is 0 Å². The lowest BCUT2D eigenvalue weighted by Crippen LogP contribution is -2.29. The van der Waals surface area contributed by atoms with E-state index in [1.807, 2.05) is 6.07 Å². The number of hydrogen-bond donors (Lipinski definition) is 3. The van der Waals surface area contributed by atoms with E-state index in [1.54, 1.807) is 6.20 Å². The Morgan fingerprint density at radius 1 is 1.35 bits per heavy atom. The Kier molecular flexibility index (Phi) is 6.27. The Morgan fingerprint density at radius 2 is 2.18 bits per heavy atom. The molecule has 0 bridgehead atoms. The summed E-state index contributed by atoms with van der Waals surface area (Å²) in [4.78, 5) is 10.5. The Labute approximate surface area is 103 Å². The number of aromatic nitrogens is 2. The van der Waals surface area contributed by atoms with Gasteiger partial charge in [0.05, 0.1) is 0 Å². The van der Waals surface area contributed by atoms with Crippen LogP contribution in [0.15, 0.2) is 12.3 Å². The van der Waals surface area contributed by atoms with Gasteiger partial charge in [-0.2, -0.15) is 4.98 Å². The van der Waals surface area contributed by atoms with Crippen molar-refractivity contribution in [2.24, 2.45) is 5.84 Å². The van der Waals surface area contributed by atoms with Gasteiger partial charge in [0.2, 0.25) is 5.95 Å². The molecule has 0 saturated heterocycles. The molecule has 4 N–H and O–H groups in total. The summed E-state index contributed by atoms with van der Waals surface area (Å²) in [5.74, 6) is 6.46. The molecule has 1 heterocycles. The summed E-state index contributed by atoms with van der Waals surface area (Å²) in [6.45, 7) is 8.47. The second-order valence-electron chi connectivity index (χ2n) is 3.77. The molecule has 0 aliphatic rings. The number of nitrogens with zero attached hydrogens (tertiary/aromatic N) is 3. The highest BCUT2D eigenvalue weighted by Crippen LogP contribution is 2.03. The maximum Gasteiger partial charge on any atom is 0.239 e. The standard InChI is InChI=1S/C11H22N6/c1-3-8-17(4-2)9-7-13-10-5-6-14-11(15-10)16-12/h5-6H,3-4,7-9,12H2,1-2H3,(H2,13,14,15,16). The lowest BCUT2D eigenvalue weighted by Gasteiger charge is -2.19. The number of hydrazine groups is 1. The molecular formula is C11H22N6. The highest BCUT2D eigenvalue weighted by Gasteiger charge is 2.01. The number of nitrogen functional groups attached to an aromatic ring is 1. The number of hydrogen-bond acceptors (Lipinski definition) is 6. The lowest BCUT2D eigenvalue weighted by atomic mass is 10.4. The van der Waals surface area contributed by atoms with Crippen LogP contribution in [-0.4, -0.2) is 41.0 Å². The van der Waals surface area contributed by atoms with Gasteiger partial charge in [0.1, 0.15) is 5.82 Å². The van der Waals surface area contributed by atoms with Gasteiger partial charge >= 0.3 is 0 Å². The van der Waals surface area contributed by atoms with Crippen LogP contribution in [0, 0.1) is 0 Å². The van der Waals surface area contributed by atoms with Gasteiger partial charge in [-0.05, 0) is 25.6 Å². The highest BCUT2D eigenvalue weighted by atomic mass is 15.3. The average molecular weight is 238 g/mol. The number of nitrogens with one attached hydrogen (secondary N) is 2. The first-order chi connectivity index (χ1) is 8.30. The molecule has 0 spiro atoms. The summed E-state index contributed by atoms with van der Waals surface area (Å²) in [6.07, 6.45) is 2.86. The summed E-state index contributed by atoms with van der Waals surface area (Å²) < 4.78 is 0. The van der Waals surface area contributed by atoms with Crippen molar-refractivity contribution in [2.75, 3.05) is 36.9 Å². The van der Waals surface area contributed by atoms with E-state index < -0.39 is 0 Å². The number of rotatable bonds is 8. The van der Waals surface area contributed by atoms with E-state index in [9.17, 15) is 0 Å². The van der Waals surface area contributed by atoms with Crippen molar-refractivity contribution in [2.45, 2.75) is 20.3 Å². The molecule has 1 aromatic heterocycles. The third kappa shape index (κ3) is 4.97. The fourth-order valence-corrected chi connectivity index (χ4v) is 1.61. The molecule has 96 valence electrons. The van der Waals surface area contributed by atoms with Gasteiger partial charge in [-0.3, -0.25) is 5.43 Å². The number of likely N-dealkylation sites (N-methyl/N-ethyl adjacent to an activating group) is 1. The molecule has 0 saturated carbocycles. The molecule has 6 heteroatoms. The minimum atomic E-state index is 0.427. The molecule has 1 rings (SSSR count). The molecular weight excluding hydrogens is 216 g/mol. The van der Waals surface area contributed by atoms with Crippen LogP contribution < -0.4 is 16.6 Å². The van der Waals surface area contributed by atoms with E-state index in [0.29, 0.717) is 5.95 Å². The predicted molar refractivity (Wildman–Crippen MR) is 70.7 cm³/mol. The first-order valence-electron chi connectivity index (χ1n) is 6.06. The van der Waals surface area contributed by atoms with Gasteiger partial charge in [-0.25, -0.2) is 10.8 Å². The largest absolute Gasteiger partial charge is 0.369 e. The second kappa shape index (κ2) is 7.81. The molecule has 1 aromatic rings. The number of anilines is 2. The van der Waals surface area contributed by atoms with Crippen LogP contribution in [0.3, 0.4) is 0 Å². The van der Waals surface area contributed by atoms with Gasteiger partial charge in [-0.1, -0.05) is 13.8 Å². The third-order valence-electron chi connectivity index (χ3n) is 2.51. The molecule has 0 amide bonds.